The standard InChI is InChI=1S/C12H19N5O/c1-8(2)12(13)6-17(7-12)10-5-4-9(15-16-10)11(18)14-3/h4-5,8H,6-7,13H2,1-3H3,(H,14,18). The van der Waals surface area contributed by atoms with Crippen molar-refractivity contribution in [1.82, 2.24) is 15.5 Å². The SMILES string of the molecule is CNC(=O)c1ccc(N2CC(N)(C(C)C)C2)nn1. The van der Waals surface area contributed by atoms with Gasteiger partial charge in [-0.3, -0.25) is 4.79 Å². The average Bonchev–Trinajstić information content (AvgIpc) is 2.34. The van der Waals surface area contributed by atoms with E-state index in [0.29, 0.717) is 11.6 Å². The van der Waals surface area contributed by atoms with Crippen LogP contribution in [0.5, 0.6) is 0 Å². The molecule has 0 spiro atoms. The molecule has 1 saturated heterocycles. The van der Waals surface area contributed by atoms with E-state index in [0.717, 1.165) is 18.9 Å². The third kappa shape index (κ3) is 2.15. The van der Waals surface area contributed by atoms with Crippen LogP contribution in [0, 0.1) is 5.92 Å². The Morgan fingerprint density at radius 3 is 2.56 bits per heavy atom. The van der Waals surface area contributed by atoms with Crippen molar-refractivity contribution in [3.63, 3.8) is 0 Å². The third-order valence-electron chi connectivity index (χ3n) is 3.55. The molecule has 0 bridgehead atoms. The van der Waals surface area contributed by atoms with Crippen LogP contribution in [0.2, 0.25) is 0 Å². The number of carbonyl (C=O) groups is 1. The Morgan fingerprint density at radius 1 is 1.44 bits per heavy atom. The fourth-order valence-corrected chi connectivity index (χ4v) is 1.93. The largest absolute Gasteiger partial charge is 0.354 e. The average molecular weight is 249 g/mol. The summed E-state index contributed by atoms with van der Waals surface area (Å²) in [7, 11) is 1.57. The highest BCUT2D eigenvalue weighted by Crippen LogP contribution is 2.29. The van der Waals surface area contributed by atoms with Crippen molar-refractivity contribution >= 4 is 11.7 Å². The first kappa shape index (κ1) is 12.8. The summed E-state index contributed by atoms with van der Waals surface area (Å²) in [6.45, 7) is 5.80. The monoisotopic (exact) mass is 249 g/mol. The maximum atomic E-state index is 11.3. The Morgan fingerprint density at radius 2 is 2.11 bits per heavy atom. The predicted molar refractivity (Wildman–Crippen MR) is 69.4 cm³/mol. The molecule has 6 nitrogen and oxygen atoms in total. The van der Waals surface area contributed by atoms with E-state index >= 15 is 0 Å². The van der Waals surface area contributed by atoms with E-state index in [1.807, 2.05) is 0 Å². The van der Waals surface area contributed by atoms with Crippen LogP contribution in [0.4, 0.5) is 5.82 Å². The molecule has 0 aliphatic carbocycles. The molecule has 1 aromatic heterocycles. The van der Waals surface area contributed by atoms with Gasteiger partial charge in [-0.1, -0.05) is 13.8 Å². The van der Waals surface area contributed by atoms with Gasteiger partial charge in [0.25, 0.3) is 5.91 Å². The molecule has 18 heavy (non-hydrogen) atoms. The summed E-state index contributed by atoms with van der Waals surface area (Å²) in [4.78, 5) is 13.4. The fraction of sp³-hybridized carbons (Fsp3) is 0.583. The Hall–Kier alpha value is -1.69. The summed E-state index contributed by atoms with van der Waals surface area (Å²) in [5.74, 6) is 0.976. The van der Waals surface area contributed by atoms with E-state index in [1.165, 1.54) is 0 Å². The number of aromatic nitrogens is 2. The first-order valence-electron chi connectivity index (χ1n) is 6.06. The van der Waals surface area contributed by atoms with Gasteiger partial charge in [-0.15, -0.1) is 10.2 Å². The zero-order valence-corrected chi connectivity index (χ0v) is 11.0. The predicted octanol–water partition coefficient (Wildman–Crippen LogP) is 0.00970. The molecule has 3 N–H and O–H groups in total. The molecule has 1 aliphatic rings. The second-order valence-corrected chi connectivity index (χ2v) is 5.10. The van der Waals surface area contributed by atoms with Crippen LogP contribution >= 0.6 is 0 Å². The van der Waals surface area contributed by atoms with Gasteiger partial charge in [0.05, 0.1) is 5.54 Å². The van der Waals surface area contributed by atoms with Crippen molar-refractivity contribution in [2.24, 2.45) is 11.7 Å². The Kier molecular flexibility index (Phi) is 3.21. The van der Waals surface area contributed by atoms with Crippen LogP contribution in [0.1, 0.15) is 24.3 Å². The van der Waals surface area contributed by atoms with E-state index < -0.39 is 0 Å². The molecule has 1 amide bonds. The third-order valence-corrected chi connectivity index (χ3v) is 3.55. The normalized spacial score (nSPS) is 17.5. The lowest BCUT2D eigenvalue weighted by atomic mass is 9.80. The van der Waals surface area contributed by atoms with Gasteiger partial charge in [0.1, 0.15) is 0 Å². The number of hydrogen-bond acceptors (Lipinski definition) is 5. The highest BCUT2D eigenvalue weighted by atomic mass is 16.1. The second-order valence-electron chi connectivity index (χ2n) is 5.10. The molecule has 1 aromatic rings. The minimum atomic E-state index is -0.229. The number of nitrogens with zero attached hydrogens (tertiary/aromatic N) is 3. The van der Waals surface area contributed by atoms with Crippen LogP contribution in [0.25, 0.3) is 0 Å². The molecule has 1 fully saturated rings. The topological polar surface area (TPSA) is 84.1 Å². The van der Waals surface area contributed by atoms with E-state index in [9.17, 15) is 4.79 Å². The maximum Gasteiger partial charge on any atom is 0.271 e. The molecule has 0 unspecified atom stereocenters. The van der Waals surface area contributed by atoms with E-state index in [-0.39, 0.29) is 11.4 Å². The van der Waals surface area contributed by atoms with Gasteiger partial charge < -0.3 is 16.0 Å². The van der Waals surface area contributed by atoms with Crippen LogP contribution in [-0.4, -0.2) is 41.8 Å². The Labute approximate surface area is 107 Å². The number of nitrogens with two attached hydrogens (primary N) is 1. The molecule has 0 radical (unpaired) electrons. The Bertz CT molecular complexity index is 436. The van der Waals surface area contributed by atoms with Crippen molar-refractivity contribution in [3.05, 3.63) is 17.8 Å². The van der Waals surface area contributed by atoms with Crippen molar-refractivity contribution in [1.29, 1.82) is 0 Å². The summed E-state index contributed by atoms with van der Waals surface area (Å²) in [6, 6.07) is 3.48. The van der Waals surface area contributed by atoms with Gasteiger partial charge in [0.2, 0.25) is 0 Å². The lowest BCUT2D eigenvalue weighted by Crippen LogP contribution is -2.70. The van der Waals surface area contributed by atoms with Gasteiger partial charge in [0.15, 0.2) is 11.5 Å². The number of nitrogens with one attached hydrogen (secondary N) is 1. The van der Waals surface area contributed by atoms with Crippen molar-refractivity contribution < 1.29 is 4.79 Å². The van der Waals surface area contributed by atoms with Crippen LogP contribution in [-0.2, 0) is 0 Å². The quantitative estimate of drug-likeness (QED) is 0.788. The highest BCUT2D eigenvalue weighted by molar-refractivity contribution is 5.91. The van der Waals surface area contributed by atoms with Gasteiger partial charge in [-0.25, -0.2) is 0 Å². The van der Waals surface area contributed by atoms with E-state index in [2.05, 4.69) is 34.3 Å². The molecule has 0 saturated carbocycles. The summed E-state index contributed by atoms with van der Waals surface area (Å²) < 4.78 is 0. The number of carbonyl (C=O) groups excluding carboxylic acids is 1. The minimum absolute atomic E-state index is 0.138. The fourth-order valence-electron chi connectivity index (χ4n) is 1.93. The van der Waals surface area contributed by atoms with Crippen molar-refractivity contribution in [2.75, 3.05) is 25.0 Å². The number of rotatable bonds is 3. The lowest BCUT2D eigenvalue weighted by molar-refractivity contribution is 0.0957. The lowest BCUT2D eigenvalue weighted by Gasteiger charge is -2.50. The first-order chi connectivity index (χ1) is 8.46. The van der Waals surface area contributed by atoms with Crippen LogP contribution in [0.15, 0.2) is 12.1 Å². The smallest absolute Gasteiger partial charge is 0.271 e. The molecule has 0 atom stereocenters. The number of hydrogen-bond donors (Lipinski definition) is 2. The molecule has 2 heterocycles. The first-order valence-corrected chi connectivity index (χ1v) is 6.06. The summed E-state index contributed by atoms with van der Waals surface area (Å²) in [5, 5.41) is 10.5. The molecule has 2 rings (SSSR count). The summed E-state index contributed by atoms with van der Waals surface area (Å²) in [5.41, 5.74) is 6.41. The number of anilines is 1. The second kappa shape index (κ2) is 4.53. The Balaban J connectivity index is 2.03. The highest BCUT2D eigenvalue weighted by Gasteiger charge is 2.42. The zero-order valence-electron chi connectivity index (χ0n) is 11.0. The molecule has 98 valence electrons. The molecule has 6 heteroatoms. The zero-order chi connectivity index (χ0) is 13.3. The van der Waals surface area contributed by atoms with E-state index in [4.69, 9.17) is 5.73 Å². The maximum absolute atomic E-state index is 11.3. The van der Waals surface area contributed by atoms with E-state index in [1.54, 1.807) is 19.2 Å². The van der Waals surface area contributed by atoms with Gasteiger partial charge in [-0.2, -0.15) is 0 Å². The van der Waals surface area contributed by atoms with Crippen LogP contribution < -0.4 is 16.0 Å². The van der Waals surface area contributed by atoms with Gasteiger partial charge in [0, 0.05) is 20.1 Å². The van der Waals surface area contributed by atoms with Crippen LogP contribution in [0.3, 0.4) is 0 Å². The summed E-state index contributed by atoms with van der Waals surface area (Å²) in [6.07, 6.45) is 0. The van der Waals surface area contributed by atoms with Gasteiger partial charge in [-0.05, 0) is 18.1 Å². The van der Waals surface area contributed by atoms with Crippen molar-refractivity contribution in [3.8, 4) is 0 Å². The molecule has 1 aliphatic heterocycles. The van der Waals surface area contributed by atoms with Crippen molar-refractivity contribution in [2.45, 2.75) is 19.4 Å². The molecular weight excluding hydrogens is 230 g/mol. The summed E-state index contributed by atoms with van der Waals surface area (Å²) >= 11 is 0. The molecular formula is C12H19N5O. The number of amides is 1. The van der Waals surface area contributed by atoms with Gasteiger partial charge >= 0.3 is 0 Å². The molecule has 0 aromatic carbocycles. The minimum Gasteiger partial charge on any atom is -0.354 e.